The van der Waals surface area contributed by atoms with Crippen molar-refractivity contribution in [1.82, 2.24) is 4.98 Å². The number of rotatable bonds is 1. The molecule has 0 atom stereocenters. The number of hydrogen-bond donors (Lipinski definition) is 2. The number of nitrogens with two attached hydrogens (primary N) is 2. The van der Waals surface area contributed by atoms with Crippen LogP contribution in [0.2, 0.25) is 0 Å². The molecular formula is C13H11N3O. The maximum absolute atomic E-state index is 5.90. The van der Waals surface area contributed by atoms with E-state index in [0.717, 1.165) is 16.7 Å². The summed E-state index contributed by atoms with van der Waals surface area (Å²) in [6, 6.07) is 12.9. The number of aromatic nitrogens is 1. The quantitative estimate of drug-likeness (QED) is 0.624. The Labute approximate surface area is 97.9 Å². The van der Waals surface area contributed by atoms with Crippen LogP contribution in [0.25, 0.3) is 22.6 Å². The van der Waals surface area contributed by atoms with Crippen LogP contribution in [0.3, 0.4) is 0 Å². The summed E-state index contributed by atoms with van der Waals surface area (Å²) in [5.41, 5.74) is 15.1. The van der Waals surface area contributed by atoms with Gasteiger partial charge in [0.25, 0.3) is 0 Å². The lowest BCUT2D eigenvalue weighted by Crippen LogP contribution is -1.93. The lowest BCUT2D eigenvalue weighted by Gasteiger charge is -2.01. The van der Waals surface area contributed by atoms with Crippen LogP contribution in [0, 0.1) is 0 Å². The minimum absolute atomic E-state index is 0.517. The Morgan fingerprint density at radius 1 is 1.00 bits per heavy atom. The molecule has 3 rings (SSSR count). The molecule has 0 aliphatic rings. The van der Waals surface area contributed by atoms with Gasteiger partial charge in [-0.3, -0.25) is 0 Å². The largest absolute Gasteiger partial charge is 0.436 e. The molecule has 84 valence electrons. The molecule has 1 heterocycles. The van der Waals surface area contributed by atoms with Gasteiger partial charge in [-0.1, -0.05) is 12.1 Å². The van der Waals surface area contributed by atoms with E-state index in [0.29, 0.717) is 17.3 Å². The molecule has 0 spiro atoms. The molecule has 2 aromatic carbocycles. The third-order valence-corrected chi connectivity index (χ3v) is 2.60. The zero-order chi connectivity index (χ0) is 11.8. The molecule has 0 amide bonds. The molecule has 4 heteroatoms. The van der Waals surface area contributed by atoms with Crippen LogP contribution in [-0.4, -0.2) is 4.98 Å². The third-order valence-electron chi connectivity index (χ3n) is 2.60. The fraction of sp³-hybridized carbons (Fsp3) is 0. The first kappa shape index (κ1) is 9.72. The maximum atomic E-state index is 5.90. The Balaban J connectivity index is 2.20. The van der Waals surface area contributed by atoms with Crippen molar-refractivity contribution >= 4 is 22.5 Å². The Morgan fingerprint density at radius 2 is 1.82 bits per heavy atom. The molecule has 0 saturated heterocycles. The smallest absolute Gasteiger partial charge is 0.229 e. The Bertz CT molecular complexity index is 655. The van der Waals surface area contributed by atoms with Crippen LogP contribution >= 0.6 is 0 Å². The highest BCUT2D eigenvalue weighted by molar-refractivity contribution is 5.80. The molecule has 4 nitrogen and oxygen atoms in total. The predicted octanol–water partition coefficient (Wildman–Crippen LogP) is 2.66. The van der Waals surface area contributed by atoms with E-state index in [1.807, 2.05) is 30.3 Å². The highest BCUT2D eigenvalue weighted by atomic mass is 16.3. The van der Waals surface area contributed by atoms with E-state index in [9.17, 15) is 0 Å². The van der Waals surface area contributed by atoms with Gasteiger partial charge < -0.3 is 15.9 Å². The van der Waals surface area contributed by atoms with Gasteiger partial charge in [0.2, 0.25) is 5.89 Å². The number of anilines is 2. The minimum Gasteiger partial charge on any atom is -0.436 e. The van der Waals surface area contributed by atoms with Crippen LogP contribution in [0.1, 0.15) is 0 Å². The molecule has 0 fully saturated rings. The first-order chi connectivity index (χ1) is 8.24. The van der Waals surface area contributed by atoms with Crippen molar-refractivity contribution in [1.29, 1.82) is 0 Å². The van der Waals surface area contributed by atoms with E-state index in [-0.39, 0.29) is 0 Å². The van der Waals surface area contributed by atoms with Gasteiger partial charge in [0.15, 0.2) is 5.58 Å². The second-order valence-corrected chi connectivity index (χ2v) is 3.83. The number of para-hydroxylation sites is 2. The van der Waals surface area contributed by atoms with Crippen molar-refractivity contribution in [3.63, 3.8) is 0 Å². The lowest BCUT2D eigenvalue weighted by molar-refractivity contribution is 0.620. The highest BCUT2D eigenvalue weighted by Gasteiger charge is 2.10. The molecule has 4 N–H and O–H groups in total. The number of nitrogen functional groups attached to an aromatic ring is 2. The fourth-order valence-electron chi connectivity index (χ4n) is 1.76. The van der Waals surface area contributed by atoms with Crippen LogP contribution in [0.4, 0.5) is 11.4 Å². The Hall–Kier alpha value is -2.49. The number of benzene rings is 2. The lowest BCUT2D eigenvalue weighted by atomic mass is 10.1. The van der Waals surface area contributed by atoms with Gasteiger partial charge in [0, 0.05) is 11.4 Å². The third kappa shape index (κ3) is 1.59. The van der Waals surface area contributed by atoms with E-state index < -0.39 is 0 Å². The van der Waals surface area contributed by atoms with Crippen molar-refractivity contribution in [3.05, 3.63) is 42.5 Å². The summed E-state index contributed by atoms with van der Waals surface area (Å²) in [6.07, 6.45) is 0. The summed E-state index contributed by atoms with van der Waals surface area (Å²) in [5.74, 6) is 0.517. The fourth-order valence-corrected chi connectivity index (χ4v) is 1.76. The molecule has 0 unspecified atom stereocenters. The Kier molecular flexibility index (Phi) is 2.01. The van der Waals surface area contributed by atoms with Crippen LogP contribution < -0.4 is 11.5 Å². The Morgan fingerprint density at radius 3 is 2.59 bits per heavy atom. The summed E-state index contributed by atoms with van der Waals surface area (Å²) < 4.78 is 5.64. The van der Waals surface area contributed by atoms with Crippen LogP contribution in [0.5, 0.6) is 0 Å². The summed E-state index contributed by atoms with van der Waals surface area (Å²) in [6.45, 7) is 0. The second kappa shape index (κ2) is 3.52. The van der Waals surface area contributed by atoms with Gasteiger partial charge in [-0.15, -0.1) is 0 Å². The minimum atomic E-state index is 0.517. The van der Waals surface area contributed by atoms with E-state index in [2.05, 4.69) is 4.98 Å². The highest BCUT2D eigenvalue weighted by Crippen LogP contribution is 2.29. The molecular weight excluding hydrogens is 214 g/mol. The normalized spacial score (nSPS) is 10.8. The van der Waals surface area contributed by atoms with Gasteiger partial charge in [-0.05, 0) is 30.3 Å². The second-order valence-electron chi connectivity index (χ2n) is 3.83. The number of nitrogens with zero attached hydrogens (tertiary/aromatic N) is 1. The van der Waals surface area contributed by atoms with Crippen molar-refractivity contribution in [3.8, 4) is 11.5 Å². The number of oxazole rings is 1. The molecule has 0 bridgehead atoms. The summed E-state index contributed by atoms with van der Waals surface area (Å²) in [4.78, 5) is 4.39. The van der Waals surface area contributed by atoms with Crippen molar-refractivity contribution < 1.29 is 4.42 Å². The standard InChI is InChI=1S/C13H11N3O/c14-8-5-6-9(10(15)7-8)13-16-11-3-1-2-4-12(11)17-13/h1-7H,14-15H2. The van der Waals surface area contributed by atoms with Crippen LogP contribution in [-0.2, 0) is 0 Å². The van der Waals surface area contributed by atoms with Gasteiger partial charge >= 0.3 is 0 Å². The van der Waals surface area contributed by atoms with Crippen molar-refractivity contribution in [2.75, 3.05) is 11.5 Å². The predicted molar refractivity (Wildman–Crippen MR) is 68.3 cm³/mol. The summed E-state index contributed by atoms with van der Waals surface area (Å²) >= 11 is 0. The molecule has 17 heavy (non-hydrogen) atoms. The molecule has 0 aliphatic carbocycles. The average molecular weight is 225 g/mol. The van der Waals surface area contributed by atoms with Crippen LogP contribution in [0.15, 0.2) is 46.9 Å². The molecule has 0 radical (unpaired) electrons. The van der Waals surface area contributed by atoms with Gasteiger partial charge in [0.05, 0.1) is 5.56 Å². The van der Waals surface area contributed by atoms with E-state index in [1.165, 1.54) is 0 Å². The first-order valence-electron chi connectivity index (χ1n) is 5.25. The summed E-state index contributed by atoms with van der Waals surface area (Å²) in [7, 11) is 0. The van der Waals surface area contributed by atoms with Gasteiger partial charge in [-0.2, -0.15) is 0 Å². The van der Waals surface area contributed by atoms with E-state index in [1.54, 1.807) is 12.1 Å². The number of fused-ring (bicyclic) bond motifs is 1. The molecule has 0 aliphatic heterocycles. The summed E-state index contributed by atoms with van der Waals surface area (Å²) in [5, 5.41) is 0. The first-order valence-corrected chi connectivity index (χ1v) is 5.25. The zero-order valence-corrected chi connectivity index (χ0v) is 9.05. The van der Waals surface area contributed by atoms with E-state index in [4.69, 9.17) is 15.9 Å². The molecule has 0 saturated carbocycles. The molecule has 3 aromatic rings. The monoisotopic (exact) mass is 225 g/mol. The number of hydrogen-bond acceptors (Lipinski definition) is 4. The topological polar surface area (TPSA) is 78.1 Å². The zero-order valence-electron chi connectivity index (χ0n) is 9.05. The van der Waals surface area contributed by atoms with Crippen molar-refractivity contribution in [2.45, 2.75) is 0 Å². The molecule has 1 aromatic heterocycles. The average Bonchev–Trinajstić information content (AvgIpc) is 2.72. The maximum Gasteiger partial charge on any atom is 0.229 e. The van der Waals surface area contributed by atoms with Gasteiger partial charge in [-0.25, -0.2) is 4.98 Å². The van der Waals surface area contributed by atoms with Gasteiger partial charge in [0.1, 0.15) is 5.52 Å². The van der Waals surface area contributed by atoms with Crippen molar-refractivity contribution in [2.24, 2.45) is 0 Å². The SMILES string of the molecule is Nc1ccc(-c2nc3ccccc3o2)c(N)c1. The van der Waals surface area contributed by atoms with E-state index >= 15 is 0 Å².